The fourth-order valence-corrected chi connectivity index (χ4v) is 5.46. The Labute approximate surface area is 196 Å². The minimum absolute atomic E-state index is 0.492. The Morgan fingerprint density at radius 3 is 2.73 bits per heavy atom. The van der Waals surface area contributed by atoms with Gasteiger partial charge in [-0.25, -0.2) is 4.98 Å². The Morgan fingerprint density at radius 1 is 1.12 bits per heavy atom. The molecule has 1 saturated carbocycles. The number of nitrogens with zero attached hydrogens (tertiary/aromatic N) is 3. The molecule has 176 valence electrons. The summed E-state index contributed by atoms with van der Waals surface area (Å²) in [4.78, 5) is 15.6. The number of fused-ring (bicyclic) bond motifs is 2. The smallest absolute Gasteiger partial charge is 0.227 e. The first-order chi connectivity index (χ1) is 16.2. The maximum Gasteiger partial charge on any atom is 0.227 e. The van der Waals surface area contributed by atoms with Crippen LogP contribution in [0.2, 0.25) is 0 Å². The lowest BCUT2D eigenvalue weighted by molar-refractivity contribution is 0.334. The van der Waals surface area contributed by atoms with E-state index in [0.717, 1.165) is 55.3 Å². The van der Waals surface area contributed by atoms with Crippen LogP contribution < -0.4 is 20.3 Å². The third kappa shape index (κ3) is 4.51. The van der Waals surface area contributed by atoms with Crippen LogP contribution in [-0.4, -0.2) is 48.2 Å². The van der Waals surface area contributed by atoms with Gasteiger partial charge in [-0.1, -0.05) is 0 Å². The second-order valence-corrected chi connectivity index (χ2v) is 9.48. The Balaban J connectivity index is 1.19. The van der Waals surface area contributed by atoms with Crippen LogP contribution in [-0.2, 0) is 19.4 Å². The molecule has 2 heterocycles. The van der Waals surface area contributed by atoms with E-state index in [0.29, 0.717) is 12.1 Å². The molecule has 0 bridgehead atoms. The van der Waals surface area contributed by atoms with Gasteiger partial charge in [0.05, 0.1) is 12.8 Å². The zero-order valence-corrected chi connectivity index (χ0v) is 20.1. The number of aryl methyl sites for hydroxylation is 1. The van der Waals surface area contributed by atoms with Gasteiger partial charge in [0.15, 0.2) is 0 Å². The molecule has 0 atom stereocenters. The van der Waals surface area contributed by atoms with Crippen LogP contribution in [0, 0.1) is 0 Å². The summed E-state index contributed by atoms with van der Waals surface area (Å²) < 4.78 is 5.40. The third-order valence-corrected chi connectivity index (χ3v) is 7.52. The van der Waals surface area contributed by atoms with E-state index in [9.17, 15) is 0 Å². The fourth-order valence-electron chi connectivity index (χ4n) is 5.46. The molecule has 0 aliphatic heterocycles. The van der Waals surface area contributed by atoms with Gasteiger partial charge in [0, 0.05) is 55.4 Å². The number of methoxy groups -OCH3 is 1. The number of hydrogen-bond donors (Lipinski definition) is 3. The molecule has 0 saturated heterocycles. The first-order valence-electron chi connectivity index (χ1n) is 12.3. The Kier molecular flexibility index (Phi) is 6.40. The summed E-state index contributed by atoms with van der Waals surface area (Å²) in [5.41, 5.74) is 5.02. The molecule has 7 heteroatoms. The van der Waals surface area contributed by atoms with E-state index < -0.39 is 0 Å². The van der Waals surface area contributed by atoms with E-state index in [1.54, 1.807) is 7.11 Å². The van der Waals surface area contributed by atoms with E-state index >= 15 is 0 Å². The van der Waals surface area contributed by atoms with Crippen molar-refractivity contribution < 1.29 is 4.74 Å². The van der Waals surface area contributed by atoms with Crippen molar-refractivity contribution in [3.8, 4) is 5.75 Å². The highest BCUT2D eigenvalue weighted by atomic mass is 16.5. The average Bonchev–Trinajstić information content (AvgIpc) is 3.28. The van der Waals surface area contributed by atoms with Gasteiger partial charge in [0.2, 0.25) is 5.95 Å². The molecule has 0 radical (unpaired) electrons. The molecule has 7 nitrogen and oxygen atoms in total. The van der Waals surface area contributed by atoms with Gasteiger partial charge in [-0.05, 0) is 75.1 Å². The first-order valence-corrected chi connectivity index (χ1v) is 12.3. The number of anilines is 2. The minimum Gasteiger partial charge on any atom is -0.497 e. The van der Waals surface area contributed by atoms with Crippen LogP contribution in [0.4, 0.5) is 11.8 Å². The van der Waals surface area contributed by atoms with E-state index in [2.05, 4.69) is 45.9 Å². The molecule has 0 unspecified atom stereocenters. The monoisotopic (exact) mass is 448 g/mol. The SMILES string of the molecule is CNc1nc(N(C)[C@H]2CC[C@@H](NCc3c[nH]c4ccc(OC)cc34)CC2)nc2c1CCCC2. The molecule has 33 heavy (non-hydrogen) atoms. The lowest BCUT2D eigenvalue weighted by Gasteiger charge is -2.35. The normalized spacial score (nSPS) is 20.5. The zero-order valence-electron chi connectivity index (χ0n) is 20.1. The van der Waals surface area contributed by atoms with Crippen molar-refractivity contribution in [2.45, 2.75) is 70.0 Å². The van der Waals surface area contributed by atoms with Crippen LogP contribution in [0.5, 0.6) is 5.75 Å². The second-order valence-electron chi connectivity index (χ2n) is 9.48. The van der Waals surface area contributed by atoms with Crippen molar-refractivity contribution >= 4 is 22.7 Å². The molecule has 0 spiro atoms. The Morgan fingerprint density at radius 2 is 1.94 bits per heavy atom. The zero-order chi connectivity index (χ0) is 22.8. The number of benzene rings is 1. The van der Waals surface area contributed by atoms with Gasteiger partial charge >= 0.3 is 0 Å². The predicted molar refractivity (Wildman–Crippen MR) is 134 cm³/mol. The van der Waals surface area contributed by atoms with Gasteiger partial charge in [0.1, 0.15) is 11.6 Å². The van der Waals surface area contributed by atoms with Crippen LogP contribution in [0.1, 0.15) is 55.3 Å². The van der Waals surface area contributed by atoms with E-state index in [4.69, 9.17) is 14.7 Å². The summed E-state index contributed by atoms with van der Waals surface area (Å²) in [7, 11) is 5.86. The standard InChI is InChI=1S/C26H36N6O/c1-27-25-21-6-4-5-7-24(21)30-26(31-25)32(2)19-10-8-18(9-11-19)28-15-17-16-29-23-13-12-20(33-3)14-22(17)23/h12-14,16,18-19,28-29H,4-11,15H2,1-3H3,(H,27,30,31)/t18-,19+. The number of nitrogens with one attached hydrogen (secondary N) is 3. The average molecular weight is 449 g/mol. The van der Waals surface area contributed by atoms with Crippen molar-refractivity contribution in [3.05, 3.63) is 41.2 Å². The molecule has 1 aromatic carbocycles. The summed E-state index contributed by atoms with van der Waals surface area (Å²) in [6.07, 6.45) is 11.4. The van der Waals surface area contributed by atoms with Crippen LogP contribution in [0.25, 0.3) is 10.9 Å². The molecule has 3 aromatic rings. The minimum atomic E-state index is 0.492. The summed E-state index contributed by atoms with van der Waals surface area (Å²) in [6.45, 7) is 0.873. The Bertz CT molecular complexity index is 1080. The van der Waals surface area contributed by atoms with Gasteiger partial charge in [-0.2, -0.15) is 4.98 Å². The summed E-state index contributed by atoms with van der Waals surface area (Å²) in [5, 5.41) is 8.34. The van der Waals surface area contributed by atoms with Crippen LogP contribution in [0.3, 0.4) is 0 Å². The van der Waals surface area contributed by atoms with Crippen molar-refractivity contribution in [1.29, 1.82) is 0 Å². The van der Waals surface area contributed by atoms with Crippen molar-refractivity contribution in [3.63, 3.8) is 0 Å². The van der Waals surface area contributed by atoms with E-state index in [1.807, 2.05) is 13.1 Å². The number of H-pyrrole nitrogens is 1. The largest absolute Gasteiger partial charge is 0.497 e. The molecule has 2 aliphatic rings. The number of aromatic nitrogens is 3. The number of ether oxygens (including phenoxy) is 1. The molecular weight excluding hydrogens is 412 g/mol. The highest BCUT2D eigenvalue weighted by Gasteiger charge is 2.27. The van der Waals surface area contributed by atoms with Crippen molar-refractivity contribution in [2.75, 3.05) is 31.4 Å². The second kappa shape index (κ2) is 9.59. The summed E-state index contributed by atoms with van der Waals surface area (Å²) in [6, 6.07) is 7.24. The molecule has 3 N–H and O–H groups in total. The lowest BCUT2D eigenvalue weighted by atomic mass is 9.90. The number of aromatic amines is 1. The van der Waals surface area contributed by atoms with Gasteiger partial charge in [-0.15, -0.1) is 0 Å². The van der Waals surface area contributed by atoms with E-state index in [-0.39, 0.29) is 0 Å². The number of rotatable bonds is 7. The highest BCUT2D eigenvalue weighted by Crippen LogP contribution is 2.30. The van der Waals surface area contributed by atoms with Crippen LogP contribution >= 0.6 is 0 Å². The molecule has 1 fully saturated rings. The van der Waals surface area contributed by atoms with Gasteiger partial charge in [0.25, 0.3) is 0 Å². The lowest BCUT2D eigenvalue weighted by Crippen LogP contribution is -2.41. The predicted octanol–water partition coefficient (Wildman–Crippen LogP) is 4.42. The summed E-state index contributed by atoms with van der Waals surface area (Å²) >= 11 is 0. The first kappa shape index (κ1) is 22.0. The van der Waals surface area contributed by atoms with E-state index in [1.165, 1.54) is 47.9 Å². The maximum absolute atomic E-state index is 5.40. The third-order valence-electron chi connectivity index (χ3n) is 7.52. The fraction of sp³-hybridized carbons (Fsp3) is 0.538. The maximum atomic E-state index is 5.40. The quantitative estimate of drug-likeness (QED) is 0.497. The molecular formula is C26H36N6O. The number of hydrogen-bond acceptors (Lipinski definition) is 6. The Hall–Kier alpha value is -2.80. The summed E-state index contributed by atoms with van der Waals surface area (Å²) in [5.74, 6) is 2.80. The van der Waals surface area contributed by atoms with Gasteiger partial charge in [-0.3, -0.25) is 0 Å². The van der Waals surface area contributed by atoms with Crippen LogP contribution in [0.15, 0.2) is 24.4 Å². The highest BCUT2D eigenvalue weighted by molar-refractivity contribution is 5.84. The molecule has 5 rings (SSSR count). The molecule has 2 aromatic heterocycles. The molecule has 0 amide bonds. The topological polar surface area (TPSA) is 78.1 Å². The molecule has 2 aliphatic carbocycles. The van der Waals surface area contributed by atoms with Crippen molar-refractivity contribution in [1.82, 2.24) is 20.3 Å². The van der Waals surface area contributed by atoms with Gasteiger partial charge < -0.3 is 25.3 Å². The van der Waals surface area contributed by atoms with Crippen molar-refractivity contribution in [2.24, 2.45) is 0 Å².